The molecule has 8 nitrogen and oxygen atoms in total. The van der Waals surface area contributed by atoms with Gasteiger partial charge >= 0.3 is 0 Å². The maximum absolute atomic E-state index is 11.9. The van der Waals surface area contributed by atoms with Crippen LogP contribution in [0.5, 0.6) is 0 Å². The topological polar surface area (TPSA) is 96.8 Å². The summed E-state index contributed by atoms with van der Waals surface area (Å²) in [5.74, 6) is -0.279. The number of carbonyl (C=O) groups is 1. The Balaban J connectivity index is 1.90. The van der Waals surface area contributed by atoms with E-state index in [4.69, 9.17) is 12.2 Å². The molecule has 110 valence electrons. The van der Waals surface area contributed by atoms with Crippen molar-refractivity contribution in [1.82, 2.24) is 36.4 Å². The standard InChI is InChI=1S/C12H15N7OS/c1-2-7-13-12(21)16-15-11(20)9-3-5-10(6-4-9)19-8-14-17-18-19/h3-6,8H,2,7H2,1H3,(H,15,20)(H2,13,16,21). The third kappa shape index (κ3) is 4.21. The lowest BCUT2D eigenvalue weighted by atomic mass is 10.2. The summed E-state index contributed by atoms with van der Waals surface area (Å²) in [7, 11) is 0. The predicted octanol–water partition coefficient (Wildman–Crippen LogP) is 0.181. The van der Waals surface area contributed by atoms with Crippen LogP contribution in [0.15, 0.2) is 30.6 Å². The van der Waals surface area contributed by atoms with Gasteiger partial charge in [0.25, 0.3) is 5.91 Å². The van der Waals surface area contributed by atoms with Crippen molar-refractivity contribution in [3.8, 4) is 5.69 Å². The molecule has 3 N–H and O–H groups in total. The third-order valence-electron chi connectivity index (χ3n) is 2.57. The summed E-state index contributed by atoms with van der Waals surface area (Å²) >= 11 is 5.00. The average molecular weight is 305 g/mol. The molecule has 0 spiro atoms. The molecule has 2 aromatic rings. The first-order valence-corrected chi connectivity index (χ1v) is 6.79. The van der Waals surface area contributed by atoms with E-state index in [2.05, 4.69) is 31.7 Å². The van der Waals surface area contributed by atoms with Gasteiger partial charge in [0.15, 0.2) is 5.11 Å². The molecule has 1 amide bonds. The van der Waals surface area contributed by atoms with E-state index in [1.54, 1.807) is 24.3 Å². The zero-order valence-corrected chi connectivity index (χ0v) is 12.2. The van der Waals surface area contributed by atoms with E-state index in [0.29, 0.717) is 10.7 Å². The molecule has 9 heteroatoms. The Bertz CT molecular complexity index is 597. The van der Waals surface area contributed by atoms with E-state index in [1.807, 2.05) is 6.92 Å². The summed E-state index contributed by atoms with van der Waals surface area (Å²) in [5, 5.41) is 14.2. The van der Waals surface area contributed by atoms with Gasteiger partial charge in [-0.05, 0) is 53.3 Å². The molecule has 0 aliphatic carbocycles. The molecule has 0 fully saturated rings. The molecule has 21 heavy (non-hydrogen) atoms. The van der Waals surface area contributed by atoms with Gasteiger partial charge in [-0.15, -0.1) is 5.10 Å². The Hall–Kier alpha value is -2.55. The Labute approximate surface area is 126 Å². The zero-order chi connectivity index (χ0) is 15.1. The van der Waals surface area contributed by atoms with Crippen LogP contribution in [0.4, 0.5) is 0 Å². The van der Waals surface area contributed by atoms with Crippen LogP contribution >= 0.6 is 12.2 Å². The number of benzene rings is 1. The highest BCUT2D eigenvalue weighted by Crippen LogP contribution is 2.07. The fourth-order valence-electron chi connectivity index (χ4n) is 1.51. The highest BCUT2D eigenvalue weighted by atomic mass is 32.1. The molecule has 0 saturated heterocycles. The van der Waals surface area contributed by atoms with Crippen molar-refractivity contribution in [2.45, 2.75) is 13.3 Å². The summed E-state index contributed by atoms with van der Waals surface area (Å²) < 4.78 is 1.50. The molecule has 1 aromatic heterocycles. The van der Waals surface area contributed by atoms with Gasteiger partial charge in [0.05, 0.1) is 5.69 Å². The first-order valence-electron chi connectivity index (χ1n) is 6.38. The molecule has 0 radical (unpaired) electrons. The van der Waals surface area contributed by atoms with Gasteiger partial charge in [-0.2, -0.15) is 0 Å². The number of tetrazole rings is 1. The second-order valence-corrected chi connectivity index (χ2v) is 4.54. The molecule has 0 saturated carbocycles. The van der Waals surface area contributed by atoms with Crippen LogP contribution in [0.25, 0.3) is 5.69 Å². The van der Waals surface area contributed by atoms with Crippen molar-refractivity contribution in [3.63, 3.8) is 0 Å². The monoisotopic (exact) mass is 305 g/mol. The maximum Gasteiger partial charge on any atom is 0.269 e. The Morgan fingerprint density at radius 2 is 2.05 bits per heavy atom. The zero-order valence-electron chi connectivity index (χ0n) is 11.4. The van der Waals surface area contributed by atoms with Gasteiger partial charge in [-0.3, -0.25) is 15.6 Å². The van der Waals surface area contributed by atoms with Crippen molar-refractivity contribution in [2.75, 3.05) is 6.54 Å². The van der Waals surface area contributed by atoms with E-state index in [1.165, 1.54) is 11.0 Å². The highest BCUT2D eigenvalue weighted by Gasteiger charge is 2.06. The van der Waals surface area contributed by atoms with Crippen molar-refractivity contribution < 1.29 is 4.79 Å². The smallest absolute Gasteiger partial charge is 0.269 e. The molecule has 0 unspecified atom stereocenters. The van der Waals surface area contributed by atoms with Gasteiger partial charge in [-0.25, -0.2) is 4.68 Å². The Morgan fingerprint density at radius 3 is 2.67 bits per heavy atom. The number of thiocarbonyl (C=S) groups is 1. The minimum atomic E-state index is -0.279. The SMILES string of the molecule is CCCNC(=S)NNC(=O)c1ccc(-n2cnnn2)cc1. The van der Waals surface area contributed by atoms with Gasteiger partial charge < -0.3 is 5.32 Å². The molecular weight excluding hydrogens is 290 g/mol. The average Bonchev–Trinajstić information content (AvgIpc) is 3.05. The molecule has 1 aromatic carbocycles. The van der Waals surface area contributed by atoms with Crippen LogP contribution in [0.1, 0.15) is 23.7 Å². The van der Waals surface area contributed by atoms with Crippen molar-refractivity contribution in [1.29, 1.82) is 0 Å². The number of amides is 1. The number of rotatable bonds is 4. The van der Waals surface area contributed by atoms with E-state index in [9.17, 15) is 4.79 Å². The van der Waals surface area contributed by atoms with Gasteiger partial charge in [0.2, 0.25) is 0 Å². The fraction of sp³-hybridized carbons (Fsp3) is 0.250. The molecule has 0 atom stereocenters. The number of nitrogens with zero attached hydrogens (tertiary/aromatic N) is 4. The summed E-state index contributed by atoms with van der Waals surface area (Å²) in [6.45, 7) is 2.78. The van der Waals surface area contributed by atoms with Gasteiger partial charge in [0, 0.05) is 12.1 Å². The number of nitrogens with one attached hydrogen (secondary N) is 3. The van der Waals surface area contributed by atoms with Crippen LogP contribution in [0.2, 0.25) is 0 Å². The fourth-order valence-corrected chi connectivity index (χ4v) is 1.67. The second kappa shape index (κ2) is 7.29. The number of hydrogen-bond acceptors (Lipinski definition) is 5. The first kappa shape index (κ1) is 14.9. The minimum Gasteiger partial charge on any atom is -0.361 e. The largest absolute Gasteiger partial charge is 0.361 e. The van der Waals surface area contributed by atoms with Crippen LogP contribution < -0.4 is 16.2 Å². The van der Waals surface area contributed by atoms with Crippen LogP contribution in [0.3, 0.4) is 0 Å². The lowest BCUT2D eigenvalue weighted by Gasteiger charge is -2.11. The quantitative estimate of drug-likeness (QED) is 0.548. The number of hydrogen-bond donors (Lipinski definition) is 3. The lowest BCUT2D eigenvalue weighted by molar-refractivity contribution is 0.0943. The summed E-state index contributed by atoms with van der Waals surface area (Å²) in [4.78, 5) is 11.9. The van der Waals surface area contributed by atoms with Crippen molar-refractivity contribution >= 4 is 23.2 Å². The van der Waals surface area contributed by atoms with Gasteiger partial charge in [0.1, 0.15) is 6.33 Å². The van der Waals surface area contributed by atoms with E-state index >= 15 is 0 Å². The highest BCUT2D eigenvalue weighted by molar-refractivity contribution is 7.80. The van der Waals surface area contributed by atoms with Crippen LogP contribution in [-0.2, 0) is 0 Å². The molecule has 1 heterocycles. The van der Waals surface area contributed by atoms with E-state index < -0.39 is 0 Å². The normalized spacial score (nSPS) is 9.95. The van der Waals surface area contributed by atoms with Crippen molar-refractivity contribution in [2.24, 2.45) is 0 Å². The van der Waals surface area contributed by atoms with Crippen molar-refractivity contribution in [3.05, 3.63) is 36.2 Å². The number of aromatic nitrogens is 4. The summed E-state index contributed by atoms with van der Waals surface area (Å²) in [5.41, 5.74) is 6.43. The van der Waals surface area contributed by atoms with Crippen LogP contribution in [0, 0.1) is 0 Å². The Morgan fingerprint density at radius 1 is 1.29 bits per heavy atom. The third-order valence-corrected chi connectivity index (χ3v) is 2.81. The molecule has 0 bridgehead atoms. The molecule has 0 aliphatic heterocycles. The number of hydrazine groups is 1. The molecular formula is C12H15N7OS. The summed E-state index contributed by atoms with van der Waals surface area (Å²) in [6, 6.07) is 6.85. The lowest BCUT2D eigenvalue weighted by Crippen LogP contribution is -2.46. The first-order chi connectivity index (χ1) is 10.2. The minimum absolute atomic E-state index is 0.279. The maximum atomic E-state index is 11.9. The van der Waals surface area contributed by atoms with Crippen LogP contribution in [-0.4, -0.2) is 37.8 Å². The van der Waals surface area contributed by atoms with E-state index in [-0.39, 0.29) is 5.91 Å². The van der Waals surface area contributed by atoms with Gasteiger partial charge in [-0.1, -0.05) is 6.92 Å². The second-order valence-electron chi connectivity index (χ2n) is 4.14. The summed E-state index contributed by atoms with van der Waals surface area (Å²) in [6.07, 6.45) is 2.43. The molecule has 0 aliphatic rings. The van der Waals surface area contributed by atoms with E-state index in [0.717, 1.165) is 18.7 Å². The Kier molecular flexibility index (Phi) is 5.16. The molecule has 2 rings (SSSR count). The number of carbonyl (C=O) groups excluding carboxylic acids is 1. The predicted molar refractivity (Wildman–Crippen MR) is 80.6 cm³/mol.